The monoisotopic (exact) mass is 925 g/mol. The Labute approximate surface area is 409 Å². The van der Waals surface area contributed by atoms with Crippen molar-refractivity contribution in [3.05, 3.63) is 48.6 Å². The van der Waals surface area contributed by atoms with Crippen molar-refractivity contribution in [1.82, 2.24) is 0 Å². The molecular formula is C60H108O6. The minimum Gasteiger partial charge on any atom is -0.462 e. The van der Waals surface area contributed by atoms with Crippen LogP contribution in [0.4, 0.5) is 0 Å². The SMILES string of the molecule is CC/C=C\C/C=C\C/C=C\C/C=C\CCCCCCC(=O)OC(COC(=O)CCCCCCCCC)COC(=O)CCCCCCCCCCCCCCCCCCCCCCCCCC. The zero-order valence-electron chi connectivity index (χ0n) is 44.0. The fourth-order valence-corrected chi connectivity index (χ4v) is 8.32. The number of ether oxygens (including phenoxy) is 3. The average molecular weight is 926 g/mol. The van der Waals surface area contributed by atoms with E-state index in [1.54, 1.807) is 0 Å². The third kappa shape index (κ3) is 52.3. The predicted octanol–water partition coefficient (Wildman–Crippen LogP) is 19.0. The molecule has 0 rings (SSSR count). The molecule has 0 N–H and O–H groups in total. The Morgan fingerprint density at radius 3 is 0.924 bits per heavy atom. The van der Waals surface area contributed by atoms with Gasteiger partial charge in [0.05, 0.1) is 0 Å². The zero-order chi connectivity index (χ0) is 47.9. The highest BCUT2D eigenvalue weighted by Gasteiger charge is 2.19. The fourth-order valence-electron chi connectivity index (χ4n) is 8.32. The lowest BCUT2D eigenvalue weighted by Crippen LogP contribution is -2.30. The number of rotatable bonds is 52. The average Bonchev–Trinajstić information content (AvgIpc) is 3.31. The second-order valence-electron chi connectivity index (χ2n) is 19.2. The van der Waals surface area contributed by atoms with Crippen LogP contribution in [-0.2, 0) is 28.6 Å². The molecule has 0 aromatic heterocycles. The Bertz CT molecular complexity index is 1150. The van der Waals surface area contributed by atoms with Gasteiger partial charge < -0.3 is 14.2 Å². The van der Waals surface area contributed by atoms with Crippen LogP contribution in [0.15, 0.2) is 48.6 Å². The summed E-state index contributed by atoms with van der Waals surface area (Å²) in [7, 11) is 0. The first-order valence-corrected chi connectivity index (χ1v) is 28.6. The van der Waals surface area contributed by atoms with E-state index >= 15 is 0 Å². The second-order valence-corrected chi connectivity index (χ2v) is 19.2. The maximum absolute atomic E-state index is 12.8. The molecule has 1 atom stereocenters. The van der Waals surface area contributed by atoms with Gasteiger partial charge in [-0.1, -0.05) is 268 Å². The molecule has 6 heteroatoms. The quantitative estimate of drug-likeness (QED) is 0.0262. The fraction of sp³-hybridized carbons (Fsp3) is 0.817. The number of carbonyl (C=O) groups excluding carboxylic acids is 3. The van der Waals surface area contributed by atoms with Crippen LogP contribution in [0, 0.1) is 0 Å². The second kappa shape index (κ2) is 55.0. The summed E-state index contributed by atoms with van der Waals surface area (Å²) in [6, 6.07) is 0. The van der Waals surface area contributed by atoms with E-state index in [0.29, 0.717) is 19.3 Å². The van der Waals surface area contributed by atoms with Crippen LogP contribution in [0.5, 0.6) is 0 Å². The maximum atomic E-state index is 12.8. The van der Waals surface area contributed by atoms with Crippen molar-refractivity contribution in [2.24, 2.45) is 0 Å². The summed E-state index contributed by atoms with van der Waals surface area (Å²) in [6.07, 6.45) is 67.1. The van der Waals surface area contributed by atoms with Gasteiger partial charge in [-0.25, -0.2) is 0 Å². The number of esters is 3. The lowest BCUT2D eigenvalue weighted by molar-refractivity contribution is -0.167. The molecule has 0 aromatic carbocycles. The Kier molecular flexibility index (Phi) is 52.8. The topological polar surface area (TPSA) is 78.9 Å². The van der Waals surface area contributed by atoms with E-state index in [1.807, 2.05) is 0 Å². The van der Waals surface area contributed by atoms with E-state index in [4.69, 9.17) is 14.2 Å². The molecule has 0 bridgehead atoms. The summed E-state index contributed by atoms with van der Waals surface area (Å²) in [5, 5.41) is 0. The summed E-state index contributed by atoms with van der Waals surface area (Å²) < 4.78 is 16.8. The molecule has 0 amide bonds. The molecule has 0 fully saturated rings. The lowest BCUT2D eigenvalue weighted by atomic mass is 10.0. The van der Waals surface area contributed by atoms with E-state index in [1.165, 1.54) is 161 Å². The molecule has 1 unspecified atom stereocenters. The molecule has 0 aliphatic heterocycles. The molecule has 0 aliphatic carbocycles. The van der Waals surface area contributed by atoms with Gasteiger partial charge >= 0.3 is 17.9 Å². The van der Waals surface area contributed by atoms with E-state index < -0.39 is 6.10 Å². The van der Waals surface area contributed by atoms with Gasteiger partial charge in [-0.05, 0) is 57.8 Å². The van der Waals surface area contributed by atoms with Crippen molar-refractivity contribution in [1.29, 1.82) is 0 Å². The molecule has 0 radical (unpaired) electrons. The van der Waals surface area contributed by atoms with E-state index in [9.17, 15) is 14.4 Å². The van der Waals surface area contributed by atoms with Crippen molar-refractivity contribution in [2.45, 2.75) is 303 Å². The third-order valence-electron chi connectivity index (χ3n) is 12.6. The molecule has 0 heterocycles. The van der Waals surface area contributed by atoms with E-state index in [-0.39, 0.29) is 31.1 Å². The van der Waals surface area contributed by atoms with Gasteiger partial charge in [-0.2, -0.15) is 0 Å². The standard InChI is InChI=1S/C60H108O6/c1-4-7-10-13-16-18-20-22-24-26-27-28-29-30-31-32-34-35-37-39-41-44-47-50-53-59(62)65-56-57(55-64-58(61)52-49-46-43-15-12-9-6-3)66-60(63)54-51-48-45-42-40-38-36-33-25-23-21-19-17-14-11-8-5-2/h8,11,17,19,23,25,36,38,57H,4-7,9-10,12-16,18,20-22,24,26-35,37,39-56H2,1-3H3/b11-8-,19-17-,25-23-,38-36-. The Morgan fingerprint density at radius 1 is 0.318 bits per heavy atom. The van der Waals surface area contributed by atoms with Crippen LogP contribution in [0.1, 0.15) is 297 Å². The molecule has 6 nitrogen and oxygen atoms in total. The molecule has 0 saturated carbocycles. The number of carbonyl (C=O) groups is 3. The Morgan fingerprint density at radius 2 is 0.591 bits per heavy atom. The van der Waals surface area contributed by atoms with Crippen LogP contribution in [0.3, 0.4) is 0 Å². The summed E-state index contributed by atoms with van der Waals surface area (Å²) in [5.41, 5.74) is 0. The molecular weight excluding hydrogens is 817 g/mol. The smallest absolute Gasteiger partial charge is 0.306 e. The Balaban J connectivity index is 4.15. The van der Waals surface area contributed by atoms with Crippen molar-refractivity contribution >= 4 is 17.9 Å². The highest BCUT2D eigenvalue weighted by atomic mass is 16.6. The van der Waals surface area contributed by atoms with Crippen molar-refractivity contribution in [3.63, 3.8) is 0 Å². The van der Waals surface area contributed by atoms with E-state index in [2.05, 4.69) is 69.4 Å². The van der Waals surface area contributed by atoms with Crippen LogP contribution in [0.25, 0.3) is 0 Å². The van der Waals surface area contributed by atoms with E-state index in [0.717, 1.165) is 96.3 Å². The van der Waals surface area contributed by atoms with Crippen LogP contribution >= 0.6 is 0 Å². The largest absolute Gasteiger partial charge is 0.462 e. The van der Waals surface area contributed by atoms with Gasteiger partial charge in [-0.3, -0.25) is 14.4 Å². The normalized spacial score (nSPS) is 12.3. The molecule has 0 saturated heterocycles. The molecule has 0 aliphatic rings. The van der Waals surface area contributed by atoms with Crippen molar-refractivity contribution in [2.75, 3.05) is 13.2 Å². The first-order chi connectivity index (χ1) is 32.5. The summed E-state index contributed by atoms with van der Waals surface area (Å²) >= 11 is 0. The van der Waals surface area contributed by atoms with Crippen molar-refractivity contribution in [3.8, 4) is 0 Å². The Hall–Kier alpha value is -2.63. The minimum atomic E-state index is -0.781. The van der Waals surface area contributed by atoms with Gasteiger partial charge in [0.2, 0.25) is 0 Å². The maximum Gasteiger partial charge on any atom is 0.306 e. The molecule has 0 aromatic rings. The third-order valence-corrected chi connectivity index (χ3v) is 12.6. The summed E-state index contributed by atoms with van der Waals surface area (Å²) in [4.78, 5) is 37.9. The number of unbranched alkanes of at least 4 members (excludes halogenated alkanes) is 33. The molecule has 0 spiro atoms. The first-order valence-electron chi connectivity index (χ1n) is 28.6. The van der Waals surface area contributed by atoms with Gasteiger partial charge in [0.1, 0.15) is 13.2 Å². The van der Waals surface area contributed by atoms with Gasteiger partial charge in [-0.15, -0.1) is 0 Å². The summed E-state index contributed by atoms with van der Waals surface area (Å²) in [5.74, 6) is -0.898. The number of allylic oxidation sites excluding steroid dienone is 8. The van der Waals surface area contributed by atoms with Gasteiger partial charge in [0, 0.05) is 19.3 Å². The number of hydrogen-bond donors (Lipinski definition) is 0. The minimum absolute atomic E-state index is 0.0798. The zero-order valence-corrected chi connectivity index (χ0v) is 44.0. The van der Waals surface area contributed by atoms with Gasteiger partial charge in [0.25, 0.3) is 0 Å². The molecule has 384 valence electrons. The molecule has 66 heavy (non-hydrogen) atoms. The first kappa shape index (κ1) is 63.4. The lowest BCUT2D eigenvalue weighted by Gasteiger charge is -2.18. The van der Waals surface area contributed by atoms with Crippen LogP contribution in [-0.4, -0.2) is 37.2 Å². The summed E-state index contributed by atoms with van der Waals surface area (Å²) in [6.45, 7) is 6.50. The highest BCUT2D eigenvalue weighted by molar-refractivity contribution is 5.71. The van der Waals surface area contributed by atoms with Crippen molar-refractivity contribution < 1.29 is 28.6 Å². The number of hydrogen-bond acceptors (Lipinski definition) is 6. The van der Waals surface area contributed by atoms with Crippen LogP contribution in [0.2, 0.25) is 0 Å². The van der Waals surface area contributed by atoms with Crippen LogP contribution < -0.4 is 0 Å². The predicted molar refractivity (Wildman–Crippen MR) is 284 cm³/mol. The highest BCUT2D eigenvalue weighted by Crippen LogP contribution is 2.17. The van der Waals surface area contributed by atoms with Gasteiger partial charge in [0.15, 0.2) is 6.10 Å².